The second-order valence-electron chi connectivity index (χ2n) is 2.75. The summed E-state index contributed by atoms with van der Waals surface area (Å²) in [6.45, 7) is 0. The van der Waals surface area contributed by atoms with E-state index in [-0.39, 0.29) is 0 Å². The zero-order valence-electron chi connectivity index (χ0n) is 6.30. The SMILES string of the molecule is O=C(Cl)C1C=CCCC1C(=O)Cl. The van der Waals surface area contributed by atoms with Gasteiger partial charge in [0.2, 0.25) is 10.5 Å². The highest BCUT2D eigenvalue weighted by Gasteiger charge is 2.31. The highest BCUT2D eigenvalue weighted by molar-refractivity contribution is 6.66. The van der Waals surface area contributed by atoms with E-state index in [0.29, 0.717) is 6.42 Å². The Morgan fingerprint density at radius 1 is 1.25 bits per heavy atom. The lowest BCUT2D eigenvalue weighted by molar-refractivity contribution is -0.122. The highest BCUT2D eigenvalue weighted by atomic mass is 35.5. The molecule has 4 heteroatoms. The lowest BCUT2D eigenvalue weighted by atomic mass is 9.86. The number of rotatable bonds is 2. The summed E-state index contributed by atoms with van der Waals surface area (Å²) in [5, 5.41) is -0.983. The van der Waals surface area contributed by atoms with E-state index >= 15 is 0 Å². The first-order valence-electron chi connectivity index (χ1n) is 3.68. The molecule has 1 rings (SSSR count). The average Bonchev–Trinajstić information content (AvgIpc) is 2.04. The van der Waals surface area contributed by atoms with Crippen LogP contribution in [-0.2, 0) is 9.59 Å². The fourth-order valence-electron chi connectivity index (χ4n) is 1.32. The normalized spacial score (nSPS) is 28.5. The first-order chi connectivity index (χ1) is 5.63. The minimum absolute atomic E-state index is 0.429. The molecule has 1 aliphatic rings. The van der Waals surface area contributed by atoms with E-state index in [4.69, 9.17) is 23.2 Å². The highest BCUT2D eigenvalue weighted by Crippen LogP contribution is 2.28. The number of halogens is 2. The third kappa shape index (κ3) is 2.08. The molecule has 0 radical (unpaired) electrons. The number of carbonyl (C=O) groups is 2. The van der Waals surface area contributed by atoms with Crippen LogP contribution < -0.4 is 0 Å². The van der Waals surface area contributed by atoms with Gasteiger partial charge < -0.3 is 0 Å². The average molecular weight is 207 g/mol. The number of hydrogen-bond acceptors (Lipinski definition) is 2. The van der Waals surface area contributed by atoms with Crippen molar-refractivity contribution >= 4 is 33.7 Å². The Kier molecular flexibility index (Phi) is 3.29. The number of allylic oxidation sites excluding steroid dienone is 2. The molecule has 0 aliphatic heterocycles. The first kappa shape index (κ1) is 9.75. The summed E-state index contributed by atoms with van der Waals surface area (Å²) >= 11 is 10.6. The van der Waals surface area contributed by atoms with Gasteiger partial charge in [0.15, 0.2) is 0 Å². The monoisotopic (exact) mass is 206 g/mol. The maximum Gasteiger partial charge on any atom is 0.229 e. The molecule has 2 atom stereocenters. The third-order valence-corrected chi connectivity index (χ3v) is 2.51. The van der Waals surface area contributed by atoms with Gasteiger partial charge in [-0.15, -0.1) is 0 Å². The van der Waals surface area contributed by atoms with Crippen molar-refractivity contribution in [3.63, 3.8) is 0 Å². The van der Waals surface area contributed by atoms with Crippen LogP contribution >= 0.6 is 23.2 Å². The molecular formula is C8H8Cl2O2. The molecule has 0 aromatic rings. The molecule has 0 heterocycles. The minimum Gasteiger partial charge on any atom is -0.281 e. The van der Waals surface area contributed by atoms with E-state index < -0.39 is 22.3 Å². The van der Waals surface area contributed by atoms with Gasteiger partial charge in [0.25, 0.3) is 0 Å². The summed E-state index contributed by atoms with van der Waals surface area (Å²) < 4.78 is 0. The molecule has 2 unspecified atom stereocenters. The molecular weight excluding hydrogens is 199 g/mol. The van der Waals surface area contributed by atoms with Crippen molar-refractivity contribution in [2.24, 2.45) is 11.8 Å². The largest absolute Gasteiger partial charge is 0.281 e. The van der Waals surface area contributed by atoms with Crippen LogP contribution in [0.5, 0.6) is 0 Å². The molecule has 1 aliphatic carbocycles. The van der Waals surface area contributed by atoms with E-state index in [1.165, 1.54) is 0 Å². The van der Waals surface area contributed by atoms with E-state index in [1.54, 1.807) is 6.08 Å². The summed E-state index contributed by atoms with van der Waals surface area (Å²) in [5.74, 6) is -0.952. The molecule has 0 N–H and O–H groups in total. The van der Waals surface area contributed by atoms with Gasteiger partial charge >= 0.3 is 0 Å². The fraction of sp³-hybridized carbons (Fsp3) is 0.500. The van der Waals surface area contributed by atoms with Crippen LogP contribution in [0.4, 0.5) is 0 Å². The van der Waals surface area contributed by atoms with Gasteiger partial charge in [0, 0.05) is 5.92 Å². The van der Waals surface area contributed by atoms with Crippen molar-refractivity contribution in [2.45, 2.75) is 12.8 Å². The zero-order valence-corrected chi connectivity index (χ0v) is 7.81. The van der Waals surface area contributed by atoms with Gasteiger partial charge in [-0.1, -0.05) is 12.2 Å². The van der Waals surface area contributed by atoms with Crippen LogP contribution in [0, 0.1) is 11.8 Å². The zero-order chi connectivity index (χ0) is 9.14. The third-order valence-electron chi connectivity index (χ3n) is 1.97. The predicted molar refractivity (Wildman–Crippen MR) is 47.1 cm³/mol. The van der Waals surface area contributed by atoms with Crippen LogP contribution in [0.1, 0.15) is 12.8 Å². The van der Waals surface area contributed by atoms with Crippen LogP contribution in [0.25, 0.3) is 0 Å². The Balaban J connectivity index is 2.79. The summed E-state index contributed by atoms with van der Waals surface area (Å²) in [5.41, 5.74) is 0. The van der Waals surface area contributed by atoms with Crippen molar-refractivity contribution in [3.05, 3.63) is 12.2 Å². The molecule has 12 heavy (non-hydrogen) atoms. The fourth-order valence-corrected chi connectivity index (χ4v) is 1.79. The second kappa shape index (κ2) is 4.06. The first-order valence-corrected chi connectivity index (χ1v) is 4.44. The van der Waals surface area contributed by atoms with Crippen molar-refractivity contribution in [1.29, 1.82) is 0 Å². The second-order valence-corrected chi connectivity index (χ2v) is 3.49. The number of carbonyl (C=O) groups excluding carboxylic acids is 2. The van der Waals surface area contributed by atoms with Crippen LogP contribution in [-0.4, -0.2) is 10.5 Å². The Bertz CT molecular complexity index is 235. The van der Waals surface area contributed by atoms with E-state index in [1.807, 2.05) is 6.08 Å². The molecule has 0 spiro atoms. The lowest BCUT2D eigenvalue weighted by Crippen LogP contribution is -2.25. The molecule has 0 aromatic heterocycles. The lowest BCUT2D eigenvalue weighted by Gasteiger charge is -2.20. The van der Waals surface area contributed by atoms with E-state index in [2.05, 4.69) is 0 Å². The molecule has 0 bridgehead atoms. The maximum atomic E-state index is 10.8. The molecule has 0 amide bonds. The van der Waals surface area contributed by atoms with Gasteiger partial charge in [-0.25, -0.2) is 0 Å². The summed E-state index contributed by atoms with van der Waals surface area (Å²) in [7, 11) is 0. The summed E-state index contributed by atoms with van der Waals surface area (Å²) in [6.07, 6.45) is 4.90. The predicted octanol–water partition coefficient (Wildman–Crippen LogP) is 2.10. The Morgan fingerprint density at radius 3 is 2.33 bits per heavy atom. The van der Waals surface area contributed by atoms with Gasteiger partial charge in [-0.2, -0.15) is 0 Å². The molecule has 0 fully saturated rings. The topological polar surface area (TPSA) is 34.1 Å². The maximum absolute atomic E-state index is 10.8. The smallest absolute Gasteiger partial charge is 0.229 e. The van der Waals surface area contributed by atoms with Crippen LogP contribution in [0.15, 0.2) is 12.2 Å². The Hall–Kier alpha value is -0.340. The van der Waals surface area contributed by atoms with Crippen molar-refractivity contribution < 1.29 is 9.59 Å². The van der Waals surface area contributed by atoms with Crippen LogP contribution in [0.3, 0.4) is 0 Å². The Morgan fingerprint density at radius 2 is 1.92 bits per heavy atom. The summed E-state index contributed by atoms with van der Waals surface area (Å²) in [6, 6.07) is 0. The number of hydrogen-bond donors (Lipinski definition) is 0. The Labute approximate surface area is 80.5 Å². The molecule has 66 valence electrons. The van der Waals surface area contributed by atoms with Crippen molar-refractivity contribution in [3.8, 4) is 0 Å². The summed E-state index contributed by atoms with van der Waals surface area (Å²) in [4.78, 5) is 21.7. The quantitative estimate of drug-likeness (QED) is 0.513. The minimum atomic E-state index is -0.523. The van der Waals surface area contributed by atoms with Crippen LogP contribution in [0.2, 0.25) is 0 Å². The van der Waals surface area contributed by atoms with E-state index in [9.17, 15) is 9.59 Å². The van der Waals surface area contributed by atoms with Crippen molar-refractivity contribution in [1.82, 2.24) is 0 Å². The standard InChI is InChI=1S/C8H8Cl2O2/c9-7(11)5-3-1-2-4-6(5)8(10)12/h1,3,5-6H,2,4H2. The van der Waals surface area contributed by atoms with Crippen molar-refractivity contribution in [2.75, 3.05) is 0 Å². The molecule has 0 aromatic carbocycles. The van der Waals surface area contributed by atoms with Gasteiger partial charge in [-0.05, 0) is 36.0 Å². The van der Waals surface area contributed by atoms with Gasteiger partial charge in [-0.3, -0.25) is 9.59 Å². The van der Waals surface area contributed by atoms with Gasteiger partial charge in [0.1, 0.15) is 0 Å². The molecule has 0 saturated heterocycles. The van der Waals surface area contributed by atoms with E-state index in [0.717, 1.165) is 6.42 Å². The van der Waals surface area contributed by atoms with Gasteiger partial charge in [0.05, 0.1) is 5.92 Å². The molecule has 2 nitrogen and oxygen atoms in total. The molecule has 0 saturated carbocycles.